The molecule has 0 fully saturated rings. The third-order valence-electron chi connectivity index (χ3n) is 3.17. The zero-order valence-electron chi connectivity index (χ0n) is 10.2. The molecule has 3 rings (SSSR count). The van der Waals surface area contributed by atoms with Crippen molar-refractivity contribution in [3.63, 3.8) is 0 Å². The first-order valence-electron chi connectivity index (χ1n) is 5.86. The fourth-order valence-electron chi connectivity index (χ4n) is 2.12. The summed E-state index contributed by atoms with van der Waals surface area (Å²) in [6.45, 7) is 2.84. The van der Waals surface area contributed by atoms with E-state index in [9.17, 15) is 0 Å². The Labute approximate surface area is 105 Å². The number of imidazole rings is 1. The molecule has 2 aromatic heterocycles. The fraction of sp³-hybridized carbons (Fsp3) is 0.143. The van der Waals surface area contributed by atoms with Gasteiger partial charge in [-0.3, -0.25) is 4.98 Å². The van der Waals surface area contributed by atoms with Crippen LogP contribution in [0.15, 0.2) is 42.7 Å². The fourth-order valence-corrected chi connectivity index (χ4v) is 2.12. The van der Waals surface area contributed by atoms with Crippen LogP contribution in [-0.4, -0.2) is 14.5 Å². The molecule has 1 aromatic carbocycles. The molecule has 2 N–H and O–H groups in total. The predicted octanol–water partition coefficient (Wildman–Crippen LogP) is 2.37. The van der Waals surface area contributed by atoms with Crippen molar-refractivity contribution in [2.24, 2.45) is 0 Å². The van der Waals surface area contributed by atoms with Gasteiger partial charge >= 0.3 is 0 Å². The first-order chi connectivity index (χ1) is 8.75. The monoisotopic (exact) mass is 238 g/mol. The van der Waals surface area contributed by atoms with Gasteiger partial charge in [0.15, 0.2) is 0 Å². The van der Waals surface area contributed by atoms with Crippen LogP contribution >= 0.6 is 0 Å². The third kappa shape index (κ3) is 1.72. The third-order valence-corrected chi connectivity index (χ3v) is 3.17. The maximum absolute atomic E-state index is 5.98. The molecule has 0 amide bonds. The maximum atomic E-state index is 5.98. The highest BCUT2D eigenvalue weighted by molar-refractivity contribution is 5.77. The topological polar surface area (TPSA) is 56.7 Å². The van der Waals surface area contributed by atoms with E-state index in [0.717, 1.165) is 17.6 Å². The number of hydrogen-bond donors (Lipinski definition) is 1. The van der Waals surface area contributed by atoms with Crippen molar-refractivity contribution in [1.82, 2.24) is 14.5 Å². The number of nitrogens with zero attached hydrogens (tertiary/aromatic N) is 3. The molecule has 0 aliphatic carbocycles. The normalized spacial score (nSPS) is 10.9. The van der Waals surface area contributed by atoms with E-state index in [0.29, 0.717) is 5.95 Å². The SMILES string of the molecule is Cc1ccccc1Cn1c(N)nc2cnccc21. The van der Waals surface area contributed by atoms with Gasteiger partial charge in [-0.05, 0) is 24.1 Å². The summed E-state index contributed by atoms with van der Waals surface area (Å²) in [6, 6.07) is 10.2. The molecule has 0 aliphatic rings. The van der Waals surface area contributed by atoms with Crippen molar-refractivity contribution in [2.45, 2.75) is 13.5 Å². The highest BCUT2D eigenvalue weighted by atomic mass is 15.2. The summed E-state index contributed by atoms with van der Waals surface area (Å²) in [7, 11) is 0. The Morgan fingerprint density at radius 3 is 2.89 bits per heavy atom. The van der Waals surface area contributed by atoms with E-state index in [2.05, 4.69) is 29.0 Å². The number of anilines is 1. The van der Waals surface area contributed by atoms with Gasteiger partial charge in [-0.1, -0.05) is 24.3 Å². The van der Waals surface area contributed by atoms with E-state index in [-0.39, 0.29) is 0 Å². The Kier molecular flexibility index (Phi) is 2.48. The lowest BCUT2D eigenvalue weighted by Crippen LogP contribution is -2.05. The molecule has 0 saturated heterocycles. The molecule has 4 heteroatoms. The summed E-state index contributed by atoms with van der Waals surface area (Å²) in [4.78, 5) is 8.38. The maximum Gasteiger partial charge on any atom is 0.201 e. The van der Waals surface area contributed by atoms with Gasteiger partial charge in [-0.15, -0.1) is 0 Å². The highest BCUT2D eigenvalue weighted by Gasteiger charge is 2.08. The summed E-state index contributed by atoms with van der Waals surface area (Å²) < 4.78 is 2.01. The van der Waals surface area contributed by atoms with Crippen LogP contribution in [0.5, 0.6) is 0 Å². The number of benzene rings is 1. The molecule has 90 valence electrons. The van der Waals surface area contributed by atoms with Crippen molar-refractivity contribution >= 4 is 17.0 Å². The Bertz CT molecular complexity index is 700. The van der Waals surface area contributed by atoms with Crippen LogP contribution in [0, 0.1) is 6.92 Å². The van der Waals surface area contributed by atoms with Crippen molar-refractivity contribution in [2.75, 3.05) is 5.73 Å². The van der Waals surface area contributed by atoms with Crippen LogP contribution in [0.2, 0.25) is 0 Å². The van der Waals surface area contributed by atoms with Crippen LogP contribution < -0.4 is 5.73 Å². The average Bonchev–Trinajstić information content (AvgIpc) is 2.69. The lowest BCUT2D eigenvalue weighted by molar-refractivity contribution is 0.832. The molecule has 0 unspecified atom stereocenters. The molecule has 0 bridgehead atoms. The zero-order chi connectivity index (χ0) is 12.5. The smallest absolute Gasteiger partial charge is 0.201 e. The molecule has 0 atom stereocenters. The van der Waals surface area contributed by atoms with E-state index in [1.807, 2.05) is 22.8 Å². The summed E-state index contributed by atoms with van der Waals surface area (Å²) in [5.74, 6) is 0.529. The van der Waals surface area contributed by atoms with E-state index < -0.39 is 0 Å². The van der Waals surface area contributed by atoms with Gasteiger partial charge in [0.1, 0.15) is 5.52 Å². The number of hydrogen-bond acceptors (Lipinski definition) is 3. The first-order valence-corrected chi connectivity index (χ1v) is 5.86. The second kappa shape index (κ2) is 4.14. The summed E-state index contributed by atoms with van der Waals surface area (Å²) in [5.41, 5.74) is 10.3. The molecule has 0 spiro atoms. The predicted molar refractivity (Wildman–Crippen MR) is 72.2 cm³/mol. The van der Waals surface area contributed by atoms with Gasteiger partial charge in [0, 0.05) is 6.20 Å². The van der Waals surface area contributed by atoms with Crippen LogP contribution in [0.3, 0.4) is 0 Å². The summed E-state index contributed by atoms with van der Waals surface area (Å²) >= 11 is 0. The number of nitrogens with two attached hydrogens (primary N) is 1. The lowest BCUT2D eigenvalue weighted by atomic mass is 10.1. The van der Waals surface area contributed by atoms with Gasteiger partial charge in [0.25, 0.3) is 0 Å². The Hall–Kier alpha value is -2.36. The molecular weight excluding hydrogens is 224 g/mol. The number of fused-ring (bicyclic) bond motifs is 1. The molecule has 3 aromatic rings. The lowest BCUT2D eigenvalue weighted by Gasteiger charge is -2.09. The van der Waals surface area contributed by atoms with E-state index in [1.165, 1.54) is 11.1 Å². The Morgan fingerprint density at radius 2 is 2.06 bits per heavy atom. The second-order valence-electron chi connectivity index (χ2n) is 4.35. The largest absolute Gasteiger partial charge is 0.369 e. The van der Waals surface area contributed by atoms with E-state index in [1.54, 1.807) is 12.4 Å². The standard InChI is InChI=1S/C14H14N4/c1-10-4-2-3-5-11(10)9-18-13-6-7-16-8-12(13)17-14(18)15/h2-8H,9H2,1H3,(H2,15,17). The molecular formula is C14H14N4. The Balaban J connectivity index is 2.10. The van der Waals surface area contributed by atoms with Gasteiger partial charge in [0.2, 0.25) is 5.95 Å². The van der Waals surface area contributed by atoms with Crippen molar-refractivity contribution in [3.05, 3.63) is 53.9 Å². The van der Waals surface area contributed by atoms with Gasteiger partial charge < -0.3 is 10.3 Å². The number of nitrogen functional groups attached to an aromatic ring is 1. The Morgan fingerprint density at radius 1 is 1.22 bits per heavy atom. The van der Waals surface area contributed by atoms with Crippen molar-refractivity contribution in [3.8, 4) is 0 Å². The number of aryl methyl sites for hydroxylation is 1. The number of pyridine rings is 1. The molecule has 0 saturated carbocycles. The van der Waals surface area contributed by atoms with Crippen LogP contribution in [-0.2, 0) is 6.54 Å². The minimum Gasteiger partial charge on any atom is -0.369 e. The van der Waals surface area contributed by atoms with E-state index in [4.69, 9.17) is 5.73 Å². The van der Waals surface area contributed by atoms with Crippen molar-refractivity contribution < 1.29 is 0 Å². The quantitative estimate of drug-likeness (QED) is 0.745. The minimum atomic E-state index is 0.529. The molecule has 0 radical (unpaired) electrons. The number of aromatic nitrogens is 3. The summed E-state index contributed by atoms with van der Waals surface area (Å²) in [5, 5.41) is 0. The number of rotatable bonds is 2. The minimum absolute atomic E-state index is 0.529. The van der Waals surface area contributed by atoms with Gasteiger partial charge in [0.05, 0.1) is 18.3 Å². The van der Waals surface area contributed by atoms with Crippen molar-refractivity contribution in [1.29, 1.82) is 0 Å². The van der Waals surface area contributed by atoms with Crippen LogP contribution in [0.1, 0.15) is 11.1 Å². The molecule has 0 aliphatic heterocycles. The molecule has 4 nitrogen and oxygen atoms in total. The van der Waals surface area contributed by atoms with E-state index >= 15 is 0 Å². The van der Waals surface area contributed by atoms with Crippen LogP contribution in [0.25, 0.3) is 11.0 Å². The van der Waals surface area contributed by atoms with Crippen LogP contribution in [0.4, 0.5) is 5.95 Å². The average molecular weight is 238 g/mol. The molecule has 18 heavy (non-hydrogen) atoms. The summed E-state index contributed by atoms with van der Waals surface area (Å²) in [6.07, 6.45) is 3.50. The highest BCUT2D eigenvalue weighted by Crippen LogP contribution is 2.19. The molecule has 2 heterocycles. The second-order valence-corrected chi connectivity index (χ2v) is 4.35. The van der Waals surface area contributed by atoms with Gasteiger partial charge in [-0.25, -0.2) is 4.98 Å². The zero-order valence-corrected chi connectivity index (χ0v) is 10.2. The van der Waals surface area contributed by atoms with Gasteiger partial charge in [-0.2, -0.15) is 0 Å². The first kappa shape index (κ1) is 10.8.